The quantitative estimate of drug-likeness (QED) is 0.150. The number of halogens is 10. The topological polar surface area (TPSA) is 134 Å². The summed E-state index contributed by atoms with van der Waals surface area (Å²) in [4.78, 5) is 54.3. The van der Waals surface area contributed by atoms with Crippen molar-refractivity contribution in [3.8, 4) is 11.5 Å². The molecule has 2 aliphatic carbocycles. The van der Waals surface area contributed by atoms with Crippen molar-refractivity contribution in [3.05, 3.63) is 130 Å². The molecule has 4 aromatic rings. The van der Waals surface area contributed by atoms with Crippen LogP contribution in [0.2, 0.25) is 0 Å². The molecule has 20 heteroatoms. The van der Waals surface area contributed by atoms with Crippen LogP contribution in [-0.2, 0) is 54.2 Å². The van der Waals surface area contributed by atoms with Crippen LogP contribution in [0.1, 0.15) is 112 Å². The van der Waals surface area contributed by atoms with Crippen molar-refractivity contribution in [3.63, 3.8) is 0 Å². The van der Waals surface area contributed by atoms with Gasteiger partial charge in [0.05, 0.1) is 23.9 Å². The van der Waals surface area contributed by atoms with Crippen LogP contribution in [0.25, 0.3) is 0 Å². The number of likely N-dealkylation sites (tertiary alicyclic amines) is 2. The van der Waals surface area contributed by atoms with E-state index in [9.17, 15) is 73.3 Å². The summed E-state index contributed by atoms with van der Waals surface area (Å²) in [5.74, 6) is -4.36. The van der Waals surface area contributed by atoms with Crippen molar-refractivity contribution >= 4 is 23.8 Å². The lowest BCUT2D eigenvalue weighted by atomic mass is 9.68. The number of nitrogens with zero attached hydrogens (tertiary/aromatic N) is 2. The minimum Gasteiger partial charge on any atom is -0.491 e. The monoisotopic (exact) mass is 1130 g/mol. The van der Waals surface area contributed by atoms with E-state index in [1.54, 1.807) is 34.1 Å². The number of carbonyl (C=O) groups excluding carboxylic acids is 2. The Hall–Kier alpha value is -6.34. The summed E-state index contributed by atoms with van der Waals surface area (Å²) in [6, 6.07) is 18.4. The molecular weight excluding hydrogens is 1070 g/mol. The average Bonchev–Trinajstić information content (AvgIpc) is 4.00. The Morgan fingerprint density at radius 3 is 1.21 bits per heavy atom. The molecule has 6 aliphatic rings. The lowest BCUT2D eigenvalue weighted by Gasteiger charge is -2.44. The fourth-order valence-corrected chi connectivity index (χ4v) is 13.9. The highest BCUT2D eigenvalue weighted by molar-refractivity contribution is 5.82. The number of amides is 2. The zero-order chi connectivity index (χ0) is 58.1. The lowest BCUT2D eigenvalue weighted by Crippen LogP contribution is -2.53. The first-order valence-corrected chi connectivity index (χ1v) is 27.1. The van der Waals surface area contributed by atoms with E-state index >= 15 is 0 Å². The van der Waals surface area contributed by atoms with Crippen LogP contribution in [0.15, 0.2) is 84.9 Å². The van der Waals surface area contributed by atoms with Gasteiger partial charge in [0.2, 0.25) is 23.2 Å². The van der Waals surface area contributed by atoms with Gasteiger partial charge >= 0.3 is 24.3 Å². The van der Waals surface area contributed by atoms with Gasteiger partial charge in [-0.3, -0.25) is 19.2 Å². The molecule has 4 fully saturated rings. The Labute approximate surface area is 456 Å². The molecule has 4 heterocycles. The molecule has 2 saturated heterocycles. The molecule has 0 aromatic heterocycles. The third kappa shape index (κ3) is 10.6. The number of alkyl halides is 8. The van der Waals surface area contributed by atoms with E-state index in [1.165, 1.54) is 36.4 Å². The lowest BCUT2D eigenvalue weighted by molar-refractivity contribution is -0.229. The number of ether oxygens (including phenoxy) is 2. The predicted molar refractivity (Wildman–Crippen MR) is 272 cm³/mol. The second kappa shape index (κ2) is 21.5. The third-order valence-corrected chi connectivity index (χ3v) is 18.7. The number of carbonyl (C=O) groups is 4. The molecule has 0 radical (unpaired) electrons. The minimum atomic E-state index is -5.11. The van der Waals surface area contributed by atoms with Crippen molar-refractivity contribution in [2.24, 2.45) is 35.5 Å². The maximum atomic E-state index is 14.8. The van der Waals surface area contributed by atoms with Gasteiger partial charge in [-0.2, -0.15) is 26.3 Å². The molecule has 4 aliphatic heterocycles. The van der Waals surface area contributed by atoms with E-state index < -0.39 is 93.1 Å². The fourth-order valence-electron chi connectivity index (χ4n) is 13.9. The first kappa shape index (κ1) is 58.3. The summed E-state index contributed by atoms with van der Waals surface area (Å²) < 4.78 is 150. The summed E-state index contributed by atoms with van der Waals surface area (Å²) >= 11 is 0. The van der Waals surface area contributed by atoms with E-state index in [-0.39, 0.29) is 60.2 Å². The van der Waals surface area contributed by atoms with Gasteiger partial charge in [0.25, 0.3) is 0 Å². The average molecular weight is 1130 g/mol. The number of aliphatic carboxylic acids is 2. The van der Waals surface area contributed by atoms with Gasteiger partial charge in [0.15, 0.2) is 0 Å². The van der Waals surface area contributed by atoms with Crippen molar-refractivity contribution < 1.29 is 82.8 Å². The SMILES string of the molecule is C[C@@H]1CC(C(=O)N2CCC3(Cc4ccc(F)cc4)c4ccc(C(C)(F)C(F)(F)F)cc4OCC23)CC[C@H]1C(=O)O.C[C@@H]1CC(C(=O)N2CCC3(Cc4ccc(F)cc4)c4ccc(C(C)(F)C(F)(F)F)cc4OCC23)CC[C@H]1C(=O)O. The first-order chi connectivity index (χ1) is 37.5. The molecule has 80 heavy (non-hydrogen) atoms. The summed E-state index contributed by atoms with van der Waals surface area (Å²) in [6.45, 7) is 5.43. The molecule has 2 saturated carbocycles. The maximum Gasteiger partial charge on any atom is 0.426 e. The van der Waals surface area contributed by atoms with Crippen LogP contribution < -0.4 is 9.47 Å². The first-order valence-electron chi connectivity index (χ1n) is 27.1. The Bertz CT molecular complexity index is 2790. The van der Waals surface area contributed by atoms with Crippen molar-refractivity contribution in [1.82, 2.24) is 9.80 Å². The molecule has 12 atom stereocenters. The fraction of sp³-hybridized carbons (Fsp3) is 0.533. The molecule has 0 bridgehead atoms. The van der Waals surface area contributed by atoms with E-state index in [0.29, 0.717) is 102 Å². The van der Waals surface area contributed by atoms with Gasteiger partial charge in [0.1, 0.15) is 36.3 Å². The highest BCUT2D eigenvalue weighted by atomic mass is 19.4. The summed E-state index contributed by atoms with van der Waals surface area (Å²) in [5.41, 5.74) is -7.00. The Kier molecular flexibility index (Phi) is 15.7. The molecule has 2 amide bonds. The highest BCUT2D eigenvalue weighted by Gasteiger charge is 2.59. The van der Waals surface area contributed by atoms with E-state index in [4.69, 9.17) is 9.47 Å². The summed E-state index contributed by atoms with van der Waals surface area (Å²) in [5, 5.41) is 19.0. The van der Waals surface area contributed by atoms with E-state index in [1.807, 2.05) is 13.8 Å². The number of hydrogen-bond donors (Lipinski definition) is 2. The second-order valence-corrected chi connectivity index (χ2v) is 23.4. The second-order valence-electron chi connectivity index (χ2n) is 23.4. The number of carboxylic acid groups (broad SMARTS) is 2. The zero-order valence-corrected chi connectivity index (χ0v) is 44.6. The Morgan fingerprint density at radius 1 is 0.550 bits per heavy atom. The number of benzene rings is 4. The predicted octanol–water partition coefficient (Wildman–Crippen LogP) is 12.4. The van der Waals surface area contributed by atoms with E-state index in [2.05, 4.69) is 0 Å². The third-order valence-electron chi connectivity index (χ3n) is 18.7. The van der Waals surface area contributed by atoms with Crippen molar-refractivity contribution in [2.45, 2.75) is 139 Å². The normalized spacial score (nSPS) is 29.6. The van der Waals surface area contributed by atoms with Crippen molar-refractivity contribution in [2.75, 3.05) is 26.3 Å². The largest absolute Gasteiger partial charge is 0.491 e. The van der Waals surface area contributed by atoms with Crippen LogP contribution >= 0.6 is 0 Å². The molecule has 4 aromatic carbocycles. The number of rotatable bonds is 10. The number of fused-ring (bicyclic) bond motifs is 6. The summed E-state index contributed by atoms with van der Waals surface area (Å²) in [7, 11) is 0. The number of carboxylic acids is 2. The minimum absolute atomic E-state index is 0.0123. The van der Waals surface area contributed by atoms with Crippen LogP contribution in [0.4, 0.5) is 43.9 Å². The van der Waals surface area contributed by atoms with Crippen molar-refractivity contribution in [1.29, 1.82) is 0 Å². The maximum absolute atomic E-state index is 14.8. The Morgan fingerprint density at radius 2 is 0.900 bits per heavy atom. The molecule has 8 unspecified atom stereocenters. The number of hydrogen-bond acceptors (Lipinski definition) is 6. The highest BCUT2D eigenvalue weighted by Crippen LogP contribution is 2.55. The van der Waals surface area contributed by atoms with Crippen LogP contribution in [0.5, 0.6) is 11.5 Å². The van der Waals surface area contributed by atoms with Gasteiger partial charge in [-0.05, 0) is 137 Å². The smallest absolute Gasteiger partial charge is 0.426 e. The van der Waals surface area contributed by atoms with Gasteiger partial charge in [-0.1, -0.05) is 62.4 Å². The Balaban J connectivity index is 0.000000194. The zero-order valence-electron chi connectivity index (χ0n) is 44.6. The van der Waals surface area contributed by atoms with Gasteiger partial charge in [-0.15, -0.1) is 0 Å². The molecule has 10 nitrogen and oxygen atoms in total. The van der Waals surface area contributed by atoms with Gasteiger partial charge in [-0.25, -0.2) is 17.6 Å². The summed E-state index contributed by atoms with van der Waals surface area (Å²) in [6.07, 6.45) is -5.83. The molecule has 0 spiro atoms. The van der Waals surface area contributed by atoms with Crippen LogP contribution in [0, 0.1) is 47.1 Å². The van der Waals surface area contributed by atoms with Crippen LogP contribution in [-0.4, -0.2) is 94.5 Å². The standard InChI is InChI=1S/2C30H32F5NO4/c2*1-17-13-19(5-9-22(17)27(38)39)26(37)36-12-11-29(15-18-3-7-21(31)8-4-18)23-10-6-20(28(2,32)30(33,34)35)14-24(23)40-16-25(29)36/h2*3-4,6-8,10,14,17,19,22,25H,5,9,11-13,15-16H2,1-2H3,(H,38,39)/t2*17-,19?,22-,25?,28?,29?/m11/s1. The molecule has 2 N–H and O–H groups in total. The van der Waals surface area contributed by atoms with Crippen LogP contribution in [0.3, 0.4) is 0 Å². The van der Waals surface area contributed by atoms with E-state index in [0.717, 1.165) is 35.4 Å². The van der Waals surface area contributed by atoms with Gasteiger partial charge in [0, 0.05) is 58.0 Å². The molecule has 432 valence electrons. The van der Waals surface area contributed by atoms with Gasteiger partial charge < -0.3 is 29.5 Å². The molecular formula is C60H64F10N2O8. The molecule has 10 rings (SSSR count).